The Morgan fingerprint density at radius 2 is 1.38 bits per heavy atom. The first kappa shape index (κ1) is 17.9. The Hall–Kier alpha value is -3.18. The Kier molecular flexibility index (Phi) is 4.32. The number of phenols is 1. The highest BCUT2D eigenvalue weighted by atomic mass is 79.9. The molecule has 0 fully saturated rings. The largest absolute Gasteiger partial charge is 0.504 e. The fourth-order valence-corrected chi connectivity index (χ4v) is 4.59. The molecule has 5 aromatic rings. The van der Waals surface area contributed by atoms with E-state index in [4.69, 9.17) is 4.74 Å². The molecular formula is C24H19BrN2O2. The lowest BCUT2D eigenvalue weighted by Crippen LogP contribution is -2.04. The SMILES string of the molecule is COc1cc(Br)cc(C(c2c[nH]c3ccccc23)c2c[nH]c3ccccc23)c1O. The minimum absolute atomic E-state index is 0.149. The second-order valence-corrected chi connectivity index (χ2v) is 7.97. The van der Waals surface area contributed by atoms with Crippen LogP contribution in [0.5, 0.6) is 11.5 Å². The molecule has 2 heterocycles. The van der Waals surface area contributed by atoms with Crippen LogP contribution in [-0.2, 0) is 0 Å². The van der Waals surface area contributed by atoms with E-state index < -0.39 is 0 Å². The van der Waals surface area contributed by atoms with Crippen molar-refractivity contribution in [3.8, 4) is 11.5 Å². The number of rotatable bonds is 4. The Labute approximate surface area is 176 Å². The Morgan fingerprint density at radius 1 is 0.828 bits per heavy atom. The van der Waals surface area contributed by atoms with Gasteiger partial charge in [0.2, 0.25) is 0 Å². The molecule has 5 heteroatoms. The summed E-state index contributed by atoms with van der Waals surface area (Å²) in [5.41, 5.74) is 5.11. The molecule has 4 nitrogen and oxygen atoms in total. The number of halogens is 1. The summed E-state index contributed by atoms with van der Waals surface area (Å²) in [7, 11) is 1.57. The van der Waals surface area contributed by atoms with Crippen LogP contribution in [0.1, 0.15) is 22.6 Å². The summed E-state index contributed by atoms with van der Waals surface area (Å²) in [6.07, 6.45) is 4.06. The lowest BCUT2D eigenvalue weighted by Gasteiger charge is -2.20. The monoisotopic (exact) mass is 446 g/mol. The maximum absolute atomic E-state index is 11.1. The van der Waals surface area contributed by atoms with Crippen molar-refractivity contribution in [2.45, 2.75) is 5.92 Å². The number of H-pyrrole nitrogens is 2. The molecule has 0 bridgehead atoms. The smallest absolute Gasteiger partial charge is 0.161 e. The topological polar surface area (TPSA) is 61.0 Å². The van der Waals surface area contributed by atoms with E-state index in [1.807, 2.05) is 42.7 Å². The van der Waals surface area contributed by atoms with Crippen LogP contribution in [0, 0.1) is 0 Å². The van der Waals surface area contributed by atoms with Gasteiger partial charge in [0.1, 0.15) is 0 Å². The number of aromatic nitrogens is 2. The first-order valence-electron chi connectivity index (χ1n) is 9.36. The number of para-hydroxylation sites is 2. The number of hydrogen-bond acceptors (Lipinski definition) is 2. The highest BCUT2D eigenvalue weighted by Crippen LogP contribution is 2.46. The molecule has 0 unspecified atom stereocenters. The predicted octanol–water partition coefficient (Wildman–Crippen LogP) is 6.31. The fourth-order valence-electron chi connectivity index (χ4n) is 4.14. The fraction of sp³-hybridized carbons (Fsp3) is 0.0833. The molecule has 5 rings (SSSR count). The van der Waals surface area contributed by atoms with E-state index in [0.717, 1.165) is 43.0 Å². The molecule has 0 aliphatic heterocycles. The molecule has 2 aromatic heterocycles. The molecule has 0 spiro atoms. The summed E-state index contributed by atoms with van der Waals surface area (Å²) < 4.78 is 6.28. The lowest BCUT2D eigenvalue weighted by molar-refractivity contribution is 0.370. The van der Waals surface area contributed by atoms with Crippen molar-refractivity contribution < 1.29 is 9.84 Å². The van der Waals surface area contributed by atoms with E-state index in [2.05, 4.69) is 50.2 Å². The van der Waals surface area contributed by atoms with Crippen molar-refractivity contribution in [2.24, 2.45) is 0 Å². The van der Waals surface area contributed by atoms with Gasteiger partial charge >= 0.3 is 0 Å². The number of nitrogens with one attached hydrogen (secondary N) is 2. The average molecular weight is 447 g/mol. The first-order valence-corrected chi connectivity index (χ1v) is 10.1. The van der Waals surface area contributed by atoms with Gasteiger partial charge in [0.25, 0.3) is 0 Å². The van der Waals surface area contributed by atoms with Gasteiger partial charge in [-0.05, 0) is 35.4 Å². The summed E-state index contributed by atoms with van der Waals surface area (Å²) in [5.74, 6) is 0.406. The van der Waals surface area contributed by atoms with E-state index in [-0.39, 0.29) is 11.7 Å². The molecule has 0 amide bonds. The molecule has 3 N–H and O–H groups in total. The van der Waals surface area contributed by atoms with Crippen molar-refractivity contribution in [1.82, 2.24) is 9.97 Å². The third-order valence-corrected chi connectivity index (χ3v) is 5.92. The van der Waals surface area contributed by atoms with E-state index in [9.17, 15) is 5.11 Å². The van der Waals surface area contributed by atoms with Crippen molar-refractivity contribution in [3.63, 3.8) is 0 Å². The number of ether oxygens (including phenoxy) is 1. The third-order valence-electron chi connectivity index (χ3n) is 5.46. The number of aromatic amines is 2. The summed E-state index contributed by atoms with van der Waals surface area (Å²) in [5, 5.41) is 13.3. The Morgan fingerprint density at radius 3 is 1.93 bits per heavy atom. The van der Waals surface area contributed by atoms with E-state index in [0.29, 0.717) is 5.75 Å². The van der Waals surface area contributed by atoms with Crippen molar-refractivity contribution in [2.75, 3.05) is 7.11 Å². The number of aromatic hydroxyl groups is 1. The summed E-state index contributed by atoms with van der Waals surface area (Å²) in [6.45, 7) is 0. The van der Waals surface area contributed by atoms with Gasteiger partial charge in [0.05, 0.1) is 7.11 Å². The second-order valence-electron chi connectivity index (χ2n) is 7.06. The maximum atomic E-state index is 11.1. The molecule has 0 saturated heterocycles. The number of fused-ring (bicyclic) bond motifs is 2. The normalized spacial score (nSPS) is 11.6. The Bertz CT molecular complexity index is 1260. The highest BCUT2D eigenvalue weighted by molar-refractivity contribution is 9.10. The molecule has 3 aromatic carbocycles. The van der Waals surface area contributed by atoms with Gasteiger partial charge in [-0.15, -0.1) is 0 Å². The van der Waals surface area contributed by atoms with Crippen LogP contribution in [0.2, 0.25) is 0 Å². The molecule has 29 heavy (non-hydrogen) atoms. The van der Waals surface area contributed by atoms with Crippen molar-refractivity contribution in [1.29, 1.82) is 0 Å². The van der Waals surface area contributed by atoms with Crippen molar-refractivity contribution >= 4 is 37.7 Å². The second kappa shape index (κ2) is 7.01. The van der Waals surface area contributed by atoms with Crippen LogP contribution in [0.3, 0.4) is 0 Å². The molecule has 144 valence electrons. The quantitative estimate of drug-likeness (QED) is 0.303. The zero-order valence-electron chi connectivity index (χ0n) is 15.7. The van der Waals surface area contributed by atoms with Crippen LogP contribution in [-0.4, -0.2) is 22.2 Å². The van der Waals surface area contributed by atoms with Gasteiger partial charge in [-0.3, -0.25) is 0 Å². The number of benzene rings is 3. The van der Waals surface area contributed by atoms with Crippen molar-refractivity contribution in [3.05, 3.63) is 94.2 Å². The summed E-state index contributed by atoms with van der Waals surface area (Å²) in [4.78, 5) is 6.75. The van der Waals surface area contributed by atoms with Crippen LogP contribution in [0.15, 0.2) is 77.5 Å². The molecule has 0 saturated carbocycles. The van der Waals surface area contributed by atoms with Gasteiger partial charge in [-0.2, -0.15) is 0 Å². The first-order chi connectivity index (χ1) is 14.2. The third kappa shape index (κ3) is 2.89. The van der Waals surface area contributed by atoms with Crippen LogP contribution in [0.4, 0.5) is 0 Å². The van der Waals surface area contributed by atoms with Gasteiger partial charge in [0, 0.05) is 50.2 Å². The van der Waals surface area contributed by atoms with Gasteiger partial charge in [-0.25, -0.2) is 0 Å². The summed E-state index contributed by atoms with van der Waals surface area (Å²) >= 11 is 3.58. The predicted molar refractivity (Wildman–Crippen MR) is 120 cm³/mol. The standard InChI is InChI=1S/C24H19BrN2O2/c1-29-22-11-14(25)10-17(24(22)28)23(18-12-26-20-8-4-2-6-15(18)20)19-13-27-21-9-5-3-7-16(19)21/h2-13,23,26-28H,1H3. The zero-order chi connectivity index (χ0) is 20.0. The highest BCUT2D eigenvalue weighted by Gasteiger charge is 2.27. The van der Waals surface area contributed by atoms with E-state index in [1.54, 1.807) is 13.2 Å². The molecule has 0 aliphatic rings. The zero-order valence-corrected chi connectivity index (χ0v) is 17.3. The van der Waals surface area contributed by atoms with E-state index in [1.165, 1.54) is 0 Å². The molecule has 0 atom stereocenters. The van der Waals surface area contributed by atoms with Gasteiger partial charge < -0.3 is 19.8 Å². The Balaban J connectivity index is 1.85. The maximum Gasteiger partial charge on any atom is 0.161 e. The van der Waals surface area contributed by atoms with Crippen LogP contribution >= 0.6 is 15.9 Å². The number of methoxy groups -OCH3 is 1. The van der Waals surface area contributed by atoms with Crippen LogP contribution < -0.4 is 4.74 Å². The lowest BCUT2D eigenvalue weighted by atomic mass is 9.84. The van der Waals surface area contributed by atoms with Gasteiger partial charge in [0.15, 0.2) is 11.5 Å². The molecular weight excluding hydrogens is 428 g/mol. The molecule has 0 radical (unpaired) electrons. The number of hydrogen-bond donors (Lipinski definition) is 3. The summed E-state index contributed by atoms with van der Waals surface area (Å²) in [6, 6.07) is 20.2. The van der Waals surface area contributed by atoms with Crippen LogP contribution in [0.25, 0.3) is 21.8 Å². The molecule has 0 aliphatic carbocycles. The minimum Gasteiger partial charge on any atom is -0.504 e. The minimum atomic E-state index is -0.186. The number of phenolic OH excluding ortho intramolecular Hbond substituents is 1. The van der Waals surface area contributed by atoms with E-state index >= 15 is 0 Å². The average Bonchev–Trinajstić information content (AvgIpc) is 3.36. The van der Waals surface area contributed by atoms with Gasteiger partial charge in [-0.1, -0.05) is 52.3 Å².